The van der Waals surface area contributed by atoms with Crippen LogP contribution in [0.2, 0.25) is 0 Å². The molecular formula is C9H10N4O2S. The van der Waals surface area contributed by atoms with E-state index in [1.54, 1.807) is 6.92 Å². The molecule has 0 atom stereocenters. The summed E-state index contributed by atoms with van der Waals surface area (Å²) in [4.78, 5) is 26.8. The molecule has 0 aromatic carbocycles. The highest BCUT2D eigenvalue weighted by Crippen LogP contribution is 2.17. The summed E-state index contributed by atoms with van der Waals surface area (Å²) in [6.45, 7) is 2.06. The Bertz CT molecular complexity index is 525. The van der Waals surface area contributed by atoms with Crippen LogP contribution in [0.15, 0.2) is 11.5 Å². The Morgan fingerprint density at radius 1 is 1.56 bits per heavy atom. The van der Waals surface area contributed by atoms with Crippen molar-refractivity contribution in [2.45, 2.75) is 12.1 Å². The first kappa shape index (κ1) is 10.9. The molecule has 0 radical (unpaired) electrons. The summed E-state index contributed by atoms with van der Waals surface area (Å²) in [7, 11) is 0. The molecule has 6 nitrogen and oxygen atoms in total. The highest BCUT2D eigenvalue weighted by molar-refractivity contribution is 7.98. The third kappa shape index (κ3) is 1.85. The molecule has 84 valence electrons. The van der Waals surface area contributed by atoms with Crippen LogP contribution in [0.5, 0.6) is 0 Å². The van der Waals surface area contributed by atoms with Gasteiger partial charge in [0.2, 0.25) is 0 Å². The lowest BCUT2D eigenvalue weighted by Crippen LogP contribution is -2.09. The number of fused-ring (bicyclic) bond motifs is 1. The summed E-state index contributed by atoms with van der Waals surface area (Å²) in [5.41, 5.74) is 1.22. The molecule has 0 aliphatic heterocycles. The van der Waals surface area contributed by atoms with Gasteiger partial charge in [0.1, 0.15) is 5.52 Å². The maximum Gasteiger partial charge on any atom is 0.359 e. The molecule has 0 aliphatic rings. The predicted octanol–water partition coefficient (Wildman–Crippen LogP) is 1.25. The molecule has 0 amide bonds. The largest absolute Gasteiger partial charge is 0.461 e. The fourth-order valence-corrected chi connectivity index (χ4v) is 1.61. The number of esters is 1. The Hall–Kier alpha value is -1.63. The Labute approximate surface area is 95.8 Å². The summed E-state index contributed by atoms with van der Waals surface area (Å²) < 4.78 is 4.92. The Morgan fingerprint density at radius 3 is 3.06 bits per heavy atom. The van der Waals surface area contributed by atoms with Crippen LogP contribution in [-0.4, -0.2) is 38.8 Å². The minimum absolute atomic E-state index is 0.230. The lowest BCUT2D eigenvalue weighted by molar-refractivity contribution is 0.0520. The number of carbonyl (C=O) groups is 1. The van der Waals surface area contributed by atoms with E-state index in [9.17, 15) is 4.79 Å². The highest BCUT2D eigenvalue weighted by Gasteiger charge is 2.17. The van der Waals surface area contributed by atoms with E-state index in [0.717, 1.165) is 0 Å². The zero-order valence-corrected chi connectivity index (χ0v) is 9.67. The van der Waals surface area contributed by atoms with Crippen molar-refractivity contribution >= 4 is 28.9 Å². The van der Waals surface area contributed by atoms with Gasteiger partial charge in [-0.05, 0) is 13.2 Å². The van der Waals surface area contributed by atoms with Crippen LogP contribution >= 0.6 is 11.8 Å². The quantitative estimate of drug-likeness (QED) is 0.492. The highest BCUT2D eigenvalue weighted by atomic mass is 32.2. The minimum atomic E-state index is -0.463. The SMILES string of the molecule is CCOC(=O)c1nc(SC)nc2nc[nH]c12. The molecule has 0 fully saturated rings. The number of nitrogens with zero attached hydrogens (tertiary/aromatic N) is 3. The van der Waals surface area contributed by atoms with Gasteiger partial charge < -0.3 is 9.72 Å². The van der Waals surface area contributed by atoms with Crippen molar-refractivity contribution in [3.05, 3.63) is 12.0 Å². The molecule has 7 heteroatoms. The summed E-state index contributed by atoms with van der Waals surface area (Å²) >= 11 is 1.35. The zero-order chi connectivity index (χ0) is 11.5. The molecule has 1 N–H and O–H groups in total. The smallest absolute Gasteiger partial charge is 0.359 e. The molecule has 2 rings (SSSR count). The summed E-state index contributed by atoms with van der Waals surface area (Å²) in [5.74, 6) is -0.463. The number of H-pyrrole nitrogens is 1. The first-order chi connectivity index (χ1) is 7.76. The van der Waals surface area contributed by atoms with Crippen LogP contribution < -0.4 is 0 Å². The lowest BCUT2D eigenvalue weighted by Gasteiger charge is -2.03. The lowest BCUT2D eigenvalue weighted by atomic mass is 10.3. The molecule has 2 heterocycles. The van der Waals surface area contributed by atoms with Crippen molar-refractivity contribution in [2.75, 3.05) is 12.9 Å². The van der Waals surface area contributed by atoms with Crippen LogP contribution in [0, 0.1) is 0 Å². The van der Waals surface area contributed by atoms with E-state index >= 15 is 0 Å². The molecule has 0 bridgehead atoms. The standard InChI is InChI=1S/C9H10N4O2S/c1-3-15-8(14)6-5-7(11-4-10-5)13-9(12-6)16-2/h4H,3H2,1-2H3,(H,10,11,12,13). The molecule has 0 saturated heterocycles. The van der Waals surface area contributed by atoms with Gasteiger partial charge in [0.05, 0.1) is 12.9 Å². The normalized spacial score (nSPS) is 10.6. The average Bonchev–Trinajstić information content (AvgIpc) is 2.75. The van der Waals surface area contributed by atoms with E-state index in [-0.39, 0.29) is 5.69 Å². The number of rotatable bonds is 3. The number of nitrogens with one attached hydrogen (secondary N) is 1. The average molecular weight is 238 g/mol. The second kappa shape index (κ2) is 4.48. The van der Waals surface area contributed by atoms with Crippen LogP contribution in [0.25, 0.3) is 11.2 Å². The molecule has 0 aliphatic carbocycles. The molecule has 2 aromatic heterocycles. The van der Waals surface area contributed by atoms with E-state index in [1.165, 1.54) is 18.1 Å². The number of hydrogen-bond acceptors (Lipinski definition) is 6. The van der Waals surface area contributed by atoms with Crippen molar-refractivity contribution in [1.82, 2.24) is 19.9 Å². The topological polar surface area (TPSA) is 80.8 Å². The van der Waals surface area contributed by atoms with Gasteiger partial charge in [-0.15, -0.1) is 0 Å². The molecule has 0 saturated carbocycles. The molecule has 0 unspecified atom stereocenters. The van der Waals surface area contributed by atoms with Gasteiger partial charge in [0.25, 0.3) is 0 Å². The number of aromatic amines is 1. The number of imidazole rings is 1. The second-order valence-electron chi connectivity index (χ2n) is 2.88. The number of thioether (sulfide) groups is 1. The fourth-order valence-electron chi connectivity index (χ4n) is 1.25. The van der Waals surface area contributed by atoms with Gasteiger partial charge >= 0.3 is 5.97 Å². The first-order valence-electron chi connectivity index (χ1n) is 4.68. The monoisotopic (exact) mass is 238 g/mol. The maximum atomic E-state index is 11.7. The van der Waals surface area contributed by atoms with Gasteiger partial charge in [-0.25, -0.2) is 19.7 Å². The van der Waals surface area contributed by atoms with E-state index in [2.05, 4.69) is 19.9 Å². The van der Waals surface area contributed by atoms with E-state index < -0.39 is 5.97 Å². The van der Waals surface area contributed by atoms with Gasteiger partial charge in [0.15, 0.2) is 16.5 Å². The van der Waals surface area contributed by atoms with Gasteiger partial charge in [-0.1, -0.05) is 11.8 Å². The number of ether oxygens (including phenoxy) is 1. The Balaban J connectivity index is 2.56. The molecule has 0 spiro atoms. The number of carbonyl (C=O) groups excluding carboxylic acids is 1. The summed E-state index contributed by atoms with van der Waals surface area (Å²) in [6.07, 6.45) is 3.31. The van der Waals surface area contributed by atoms with Crippen LogP contribution in [-0.2, 0) is 4.74 Å². The van der Waals surface area contributed by atoms with E-state index in [1.807, 2.05) is 6.26 Å². The van der Waals surface area contributed by atoms with Gasteiger partial charge in [-0.3, -0.25) is 0 Å². The molecular weight excluding hydrogens is 228 g/mol. The minimum Gasteiger partial charge on any atom is -0.461 e. The van der Waals surface area contributed by atoms with Crippen LogP contribution in [0.4, 0.5) is 0 Å². The maximum absolute atomic E-state index is 11.7. The van der Waals surface area contributed by atoms with Crippen molar-refractivity contribution in [1.29, 1.82) is 0 Å². The summed E-state index contributed by atoms with van der Waals surface area (Å²) in [6, 6.07) is 0. The number of aromatic nitrogens is 4. The van der Waals surface area contributed by atoms with E-state index in [0.29, 0.717) is 22.9 Å². The van der Waals surface area contributed by atoms with Crippen LogP contribution in [0.3, 0.4) is 0 Å². The van der Waals surface area contributed by atoms with Gasteiger partial charge in [-0.2, -0.15) is 0 Å². The van der Waals surface area contributed by atoms with Crippen molar-refractivity contribution in [2.24, 2.45) is 0 Å². The van der Waals surface area contributed by atoms with Crippen molar-refractivity contribution in [3.63, 3.8) is 0 Å². The predicted molar refractivity (Wildman–Crippen MR) is 59.4 cm³/mol. The van der Waals surface area contributed by atoms with Crippen molar-refractivity contribution in [3.8, 4) is 0 Å². The van der Waals surface area contributed by atoms with Crippen LogP contribution in [0.1, 0.15) is 17.4 Å². The molecule has 2 aromatic rings. The zero-order valence-electron chi connectivity index (χ0n) is 8.85. The Morgan fingerprint density at radius 2 is 2.38 bits per heavy atom. The Kier molecular flexibility index (Phi) is 3.04. The third-order valence-electron chi connectivity index (χ3n) is 1.92. The molecule has 16 heavy (non-hydrogen) atoms. The third-order valence-corrected chi connectivity index (χ3v) is 2.46. The second-order valence-corrected chi connectivity index (χ2v) is 3.65. The van der Waals surface area contributed by atoms with E-state index in [4.69, 9.17) is 4.74 Å². The van der Waals surface area contributed by atoms with Crippen molar-refractivity contribution < 1.29 is 9.53 Å². The number of hydrogen-bond donors (Lipinski definition) is 1. The summed E-state index contributed by atoms with van der Waals surface area (Å²) in [5, 5.41) is 0.502. The van der Waals surface area contributed by atoms with Gasteiger partial charge in [0, 0.05) is 0 Å². The fraction of sp³-hybridized carbons (Fsp3) is 0.333. The first-order valence-corrected chi connectivity index (χ1v) is 5.91.